The third-order valence-corrected chi connectivity index (χ3v) is 3.82. The first-order valence-corrected chi connectivity index (χ1v) is 8.36. The van der Waals surface area contributed by atoms with Crippen molar-refractivity contribution in [2.45, 2.75) is 13.3 Å². The topological polar surface area (TPSA) is 120 Å². The maximum absolute atomic E-state index is 11.1. The van der Waals surface area contributed by atoms with Crippen LogP contribution in [0, 0.1) is 20.2 Å². The van der Waals surface area contributed by atoms with E-state index in [-0.39, 0.29) is 11.4 Å². The zero-order valence-electron chi connectivity index (χ0n) is 13.7. The summed E-state index contributed by atoms with van der Waals surface area (Å²) in [4.78, 5) is 20.4. The minimum absolute atomic E-state index is 0.0545. The second-order valence-corrected chi connectivity index (χ2v) is 5.98. The lowest BCUT2D eigenvalue weighted by molar-refractivity contribution is -0.393. The van der Waals surface area contributed by atoms with Gasteiger partial charge < -0.3 is 4.74 Å². The van der Waals surface area contributed by atoms with Gasteiger partial charge in [-0.05, 0) is 52.2 Å². The van der Waals surface area contributed by atoms with Crippen LogP contribution in [0.1, 0.15) is 18.9 Å². The average Bonchev–Trinajstić information content (AvgIpc) is 2.61. The molecule has 2 aromatic rings. The molecule has 9 nitrogen and oxygen atoms in total. The van der Waals surface area contributed by atoms with Gasteiger partial charge >= 0.3 is 5.69 Å². The molecule has 0 bridgehead atoms. The number of nitro benzene ring substituents is 2. The summed E-state index contributed by atoms with van der Waals surface area (Å²) in [5.41, 5.74) is 2.53. The Bertz CT molecular complexity index is 857. The number of anilines is 1. The molecule has 0 fully saturated rings. The van der Waals surface area contributed by atoms with Gasteiger partial charge in [-0.2, -0.15) is 5.10 Å². The minimum atomic E-state index is -0.707. The average molecular weight is 423 g/mol. The number of hydrazone groups is 1. The van der Waals surface area contributed by atoms with E-state index in [9.17, 15) is 20.2 Å². The van der Waals surface area contributed by atoms with Gasteiger partial charge in [-0.25, -0.2) is 0 Å². The second kappa shape index (κ2) is 8.90. The molecule has 0 amide bonds. The summed E-state index contributed by atoms with van der Waals surface area (Å²) < 4.78 is 6.31. The SMILES string of the molecule is CCCOc1ccc(/C=N/Nc2ccc([N+](=O)[O-])cc2[N+](=O)[O-])cc1Br. The van der Waals surface area contributed by atoms with Crippen molar-refractivity contribution in [2.75, 3.05) is 12.0 Å². The fourth-order valence-corrected chi connectivity index (χ4v) is 2.49. The van der Waals surface area contributed by atoms with Crippen molar-refractivity contribution >= 4 is 39.2 Å². The lowest BCUT2D eigenvalue weighted by Gasteiger charge is -2.07. The zero-order chi connectivity index (χ0) is 19.1. The van der Waals surface area contributed by atoms with E-state index in [1.807, 2.05) is 6.92 Å². The second-order valence-electron chi connectivity index (χ2n) is 5.12. The van der Waals surface area contributed by atoms with E-state index in [2.05, 4.69) is 26.5 Å². The summed E-state index contributed by atoms with van der Waals surface area (Å²) in [6.45, 7) is 2.62. The van der Waals surface area contributed by atoms with Gasteiger partial charge in [0, 0.05) is 6.07 Å². The van der Waals surface area contributed by atoms with Crippen LogP contribution in [0.4, 0.5) is 17.1 Å². The van der Waals surface area contributed by atoms with Crippen LogP contribution >= 0.6 is 15.9 Å². The molecule has 0 aliphatic rings. The fourth-order valence-electron chi connectivity index (χ4n) is 1.98. The van der Waals surface area contributed by atoms with Crippen LogP contribution in [-0.2, 0) is 0 Å². The Labute approximate surface area is 157 Å². The molecular weight excluding hydrogens is 408 g/mol. The Balaban J connectivity index is 2.14. The minimum Gasteiger partial charge on any atom is -0.492 e. The molecule has 0 atom stereocenters. The van der Waals surface area contributed by atoms with Crippen LogP contribution in [0.25, 0.3) is 0 Å². The molecule has 0 spiro atoms. The molecule has 0 aliphatic heterocycles. The molecular formula is C16H15BrN4O5. The summed E-state index contributed by atoms with van der Waals surface area (Å²) in [5, 5.41) is 25.8. The molecule has 0 unspecified atom stereocenters. The van der Waals surface area contributed by atoms with Crippen molar-refractivity contribution in [3.05, 3.63) is 66.7 Å². The predicted octanol–water partition coefficient (Wildman–Crippen LogP) is 4.50. The summed E-state index contributed by atoms with van der Waals surface area (Å²) >= 11 is 3.41. The molecule has 2 rings (SSSR count). The number of rotatable bonds is 8. The molecule has 0 heterocycles. The Hall–Kier alpha value is -3.01. The van der Waals surface area contributed by atoms with Gasteiger partial charge in [0.25, 0.3) is 5.69 Å². The lowest BCUT2D eigenvalue weighted by Crippen LogP contribution is -1.99. The third-order valence-electron chi connectivity index (χ3n) is 3.21. The van der Waals surface area contributed by atoms with E-state index in [0.717, 1.165) is 22.5 Å². The number of non-ortho nitro benzene ring substituents is 1. The van der Waals surface area contributed by atoms with E-state index in [0.29, 0.717) is 12.4 Å². The molecule has 1 N–H and O–H groups in total. The quantitative estimate of drug-likeness (QED) is 0.379. The molecule has 0 saturated carbocycles. The van der Waals surface area contributed by atoms with Crippen molar-refractivity contribution in [3.63, 3.8) is 0 Å². The predicted molar refractivity (Wildman–Crippen MR) is 101 cm³/mol. The van der Waals surface area contributed by atoms with Crippen molar-refractivity contribution in [2.24, 2.45) is 5.10 Å². The van der Waals surface area contributed by atoms with Crippen LogP contribution in [0.2, 0.25) is 0 Å². The highest BCUT2D eigenvalue weighted by Crippen LogP contribution is 2.29. The normalized spacial score (nSPS) is 10.7. The number of nitro groups is 2. The molecule has 2 aromatic carbocycles. The van der Waals surface area contributed by atoms with Gasteiger partial charge in [0.05, 0.1) is 33.2 Å². The maximum atomic E-state index is 11.1. The van der Waals surface area contributed by atoms with Gasteiger partial charge in [-0.3, -0.25) is 25.7 Å². The van der Waals surface area contributed by atoms with Crippen molar-refractivity contribution in [3.8, 4) is 5.75 Å². The number of hydrogen-bond acceptors (Lipinski definition) is 7. The highest BCUT2D eigenvalue weighted by Gasteiger charge is 2.19. The number of halogens is 1. The van der Waals surface area contributed by atoms with E-state index in [4.69, 9.17) is 4.74 Å². The molecule has 0 radical (unpaired) electrons. The molecule has 136 valence electrons. The van der Waals surface area contributed by atoms with Crippen LogP contribution in [0.5, 0.6) is 5.75 Å². The highest BCUT2D eigenvalue weighted by atomic mass is 79.9. The van der Waals surface area contributed by atoms with Crippen LogP contribution in [0.15, 0.2) is 46.0 Å². The lowest BCUT2D eigenvalue weighted by atomic mass is 10.2. The summed E-state index contributed by atoms with van der Waals surface area (Å²) in [6, 6.07) is 8.65. The van der Waals surface area contributed by atoms with Crippen molar-refractivity contribution in [1.82, 2.24) is 0 Å². The maximum Gasteiger partial charge on any atom is 0.301 e. The van der Waals surface area contributed by atoms with Gasteiger partial charge in [0.15, 0.2) is 0 Å². The number of nitrogens with zero attached hydrogens (tertiary/aromatic N) is 3. The first-order chi connectivity index (χ1) is 12.4. The Morgan fingerprint density at radius 2 is 1.96 bits per heavy atom. The fraction of sp³-hybridized carbons (Fsp3) is 0.188. The van der Waals surface area contributed by atoms with Gasteiger partial charge in [0.1, 0.15) is 11.4 Å². The summed E-state index contributed by atoms with van der Waals surface area (Å²) in [7, 11) is 0. The number of hydrogen-bond donors (Lipinski definition) is 1. The third kappa shape index (κ3) is 4.99. The summed E-state index contributed by atoms with van der Waals surface area (Å²) in [5.74, 6) is 0.711. The number of ether oxygens (including phenoxy) is 1. The molecule has 26 heavy (non-hydrogen) atoms. The molecule has 10 heteroatoms. The smallest absolute Gasteiger partial charge is 0.301 e. The van der Waals surface area contributed by atoms with E-state index in [1.54, 1.807) is 18.2 Å². The molecule has 0 aromatic heterocycles. The highest BCUT2D eigenvalue weighted by molar-refractivity contribution is 9.10. The van der Waals surface area contributed by atoms with Gasteiger partial charge in [-0.15, -0.1) is 0 Å². The van der Waals surface area contributed by atoms with Crippen LogP contribution < -0.4 is 10.2 Å². The zero-order valence-corrected chi connectivity index (χ0v) is 15.3. The molecule has 0 saturated heterocycles. The number of benzene rings is 2. The standard InChI is InChI=1S/C16H15BrN4O5/c1-2-7-26-16-6-3-11(8-13(16)17)10-18-19-14-5-4-12(20(22)23)9-15(14)21(24)25/h3-6,8-10,19H,2,7H2,1H3/b18-10+. The first-order valence-electron chi connectivity index (χ1n) is 7.56. The van der Waals surface area contributed by atoms with E-state index >= 15 is 0 Å². The first kappa shape index (κ1) is 19.3. The van der Waals surface area contributed by atoms with E-state index in [1.165, 1.54) is 18.3 Å². The van der Waals surface area contributed by atoms with E-state index < -0.39 is 15.5 Å². The van der Waals surface area contributed by atoms with Crippen molar-refractivity contribution < 1.29 is 14.6 Å². The van der Waals surface area contributed by atoms with Crippen molar-refractivity contribution in [1.29, 1.82) is 0 Å². The Kier molecular flexibility index (Phi) is 6.61. The van der Waals surface area contributed by atoms with Crippen LogP contribution in [0.3, 0.4) is 0 Å². The van der Waals surface area contributed by atoms with Gasteiger partial charge in [0.2, 0.25) is 0 Å². The number of nitrogens with one attached hydrogen (secondary N) is 1. The van der Waals surface area contributed by atoms with Gasteiger partial charge in [-0.1, -0.05) is 6.92 Å². The Morgan fingerprint density at radius 3 is 2.58 bits per heavy atom. The monoisotopic (exact) mass is 422 g/mol. The Morgan fingerprint density at radius 1 is 1.19 bits per heavy atom. The largest absolute Gasteiger partial charge is 0.492 e. The summed E-state index contributed by atoms with van der Waals surface area (Å²) in [6.07, 6.45) is 2.37. The van der Waals surface area contributed by atoms with Crippen LogP contribution in [-0.4, -0.2) is 22.7 Å². The molecule has 0 aliphatic carbocycles.